The van der Waals surface area contributed by atoms with Gasteiger partial charge in [0.15, 0.2) is 11.4 Å². The van der Waals surface area contributed by atoms with E-state index in [2.05, 4.69) is 4.98 Å². The molecule has 0 bridgehead atoms. The Hall–Kier alpha value is -5.07. The second kappa shape index (κ2) is 10.3. The van der Waals surface area contributed by atoms with Crippen LogP contribution in [0.15, 0.2) is 86.5 Å². The molecule has 0 saturated carbocycles. The van der Waals surface area contributed by atoms with Crippen LogP contribution in [0.1, 0.15) is 10.4 Å². The zero-order chi connectivity index (χ0) is 30.6. The van der Waals surface area contributed by atoms with Gasteiger partial charge in [-0.2, -0.15) is 0 Å². The number of nitrogens with zero attached hydrogens (tertiary/aromatic N) is 2. The minimum atomic E-state index is -4.07. The third-order valence-electron chi connectivity index (χ3n) is 7.01. The van der Waals surface area contributed by atoms with Gasteiger partial charge in [-0.3, -0.25) is 4.79 Å². The Morgan fingerprint density at radius 3 is 2.28 bits per heavy atom. The number of carbonyl (C=O) groups is 1. The minimum Gasteiger partial charge on any atom is -0.496 e. The zero-order valence-electron chi connectivity index (χ0n) is 23.0. The number of hydrogen-bond acceptors (Lipinski definition) is 7. The van der Waals surface area contributed by atoms with Crippen LogP contribution >= 0.6 is 0 Å². The Kier molecular flexibility index (Phi) is 6.74. The molecular formula is C31H23F2N3O6S. The number of amides is 1. The first-order chi connectivity index (χ1) is 20.5. The van der Waals surface area contributed by atoms with Crippen molar-refractivity contribution in [3.05, 3.63) is 90.0 Å². The fraction of sp³-hybridized carbons (Fsp3) is 0.0968. The van der Waals surface area contributed by atoms with E-state index in [1.807, 2.05) is 0 Å². The number of primary amides is 1. The summed E-state index contributed by atoms with van der Waals surface area (Å²) >= 11 is 0. The number of halogens is 2. The second-order valence-electron chi connectivity index (χ2n) is 9.83. The number of ether oxygens (including phenoxy) is 1. The molecule has 0 fully saturated rings. The van der Waals surface area contributed by atoms with Crippen LogP contribution in [-0.4, -0.2) is 44.8 Å². The highest BCUT2D eigenvalue weighted by molar-refractivity contribution is 7.89. The summed E-state index contributed by atoms with van der Waals surface area (Å²) < 4.78 is 73.6. The number of aromatic nitrogens is 1. The summed E-state index contributed by atoms with van der Waals surface area (Å²) in [6.07, 6.45) is 0. The summed E-state index contributed by atoms with van der Waals surface area (Å²) in [4.78, 5) is 16.9. The van der Waals surface area contributed by atoms with Crippen molar-refractivity contribution in [3.8, 4) is 39.7 Å². The smallest absolute Gasteiger partial charge is 0.253 e. The van der Waals surface area contributed by atoms with Crippen LogP contribution in [-0.2, 0) is 10.0 Å². The summed E-state index contributed by atoms with van der Waals surface area (Å²) in [6, 6.07) is 17.2. The van der Waals surface area contributed by atoms with Gasteiger partial charge in [0.2, 0.25) is 15.9 Å². The molecule has 2 N–H and O–H groups in total. The Balaban J connectivity index is 1.64. The fourth-order valence-corrected chi connectivity index (χ4v) is 5.99. The molecule has 2 aromatic heterocycles. The Morgan fingerprint density at radius 2 is 1.63 bits per heavy atom. The van der Waals surface area contributed by atoms with E-state index in [1.165, 1.54) is 69.7 Å². The van der Waals surface area contributed by atoms with Crippen LogP contribution in [0.4, 0.5) is 8.78 Å². The van der Waals surface area contributed by atoms with Crippen LogP contribution in [0, 0.1) is 11.6 Å². The van der Waals surface area contributed by atoms with E-state index < -0.39 is 27.6 Å². The number of benzene rings is 4. The van der Waals surface area contributed by atoms with Crippen molar-refractivity contribution < 1.29 is 35.6 Å². The van der Waals surface area contributed by atoms with Gasteiger partial charge < -0.3 is 19.3 Å². The molecule has 218 valence electrons. The maximum Gasteiger partial charge on any atom is 0.253 e. The monoisotopic (exact) mass is 603 g/mol. The number of para-hydroxylation sites is 1. The van der Waals surface area contributed by atoms with Crippen LogP contribution in [0.3, 0.4) is 0 Å². The lowest BCUT2D eigenvalue weighted by Crippen LogP contribution is -2.23. The van der Waals surface area contributed by atoms with Gasteiger partial charge >= 0.3 is 0 Å². The molecule has 12 heteroatoms. The van der Waals surface area contributed by atoms with Crippen molar-refractivity contribution in [2.75, 3.05) is 21.2 Å². The number of furan rings is 1. The molecule has 6 aromatic rings. The molecule has 1 amide bonds. The maximum atomic E-state index is 14.4. The quantitative estimate of drug-likeness (QED) is 0.230. The number of rotatable bonds is 7. The van der Waals surface area contributed by atoms with Crippen molar-refractivity contribution in [2.45, 2.75) is 4.90 Å². The number of sulfonamides is 1. The number of oxazole rings is 1. The minimum absolute atomic E-state index is 0.000166. The van der Waals surface area contributed by atoms with Crippen LogP contribution in [0.25, 0.3) is 56.0 Å². The Morgan fingerprint density at radius 1 is 0.907 bits per heavy atom. The SMILES string of the molecule is COc1ccc(-c2cc3c(C(N)=O)c(-c4ccc(F)cc4)oc3cc2S(=O)(=O)N(C)C)cc1-c1nc2c(F)cccc2o1. The third-order valence-corrected chi connectivity index (χ3v) is 8.87. The first-order valence-electron chi connectivity index (χ1n) is 12.8. The molecule has 0 radical (unpaired) electrons. The van der Waals surface area contributed by atoms with E-state index >= 15 is 0 Å². The largest absolute Gasteiger partial charge is 0.496 e. The topological polar surface area (TPSA) is 129 Å². The molecule has 0 atom stereocenters. The molecule has 0 unspecified atom stereocenters. The maximum absolute atomic E-state index is 14.4. The van der Waals surface area contributed by atoms with E-state index in [4.69, 9.17) is 19.3 Å². The Labute approximate surface area is 244 Å². The molecule has 4 aromatic carbocycles. The highest BCUT2D eigenvalue weighted by Crippen LogP contribution is 2.42. The van der Waals surface area contributed by atoms with Gasteiger partial charge in [-0.25, -0.2) is 26.5 Å². The number of nitrogens with two attached hydrogens (primary N) is 1. The van der Waals surface area contributed by atoms with Crippen molar-refractivity contribution in [1.82, 2.24) is 9.29 Å². The van der Waals surface area contributed by atoms with Gasteiger partial charge in [-0.1, -0.05) is 12.1 Å². The van der Waals surface area contributed by atoms with E-state index in [0.29, 0.717) is 22.4 Å². The molecular weight excluding hydrogens is 580 g/mol. The van der Waals surface area contributed by atoms with Gasteiger partial charge in [0.05, 0.1) is 23.1 Å². The molecule has 9 nitrogen and oxygen atoms in total. The molecule has 0 aliphatic heterocycles. The van der Waals surface area contributed by atoms with Gasteiger partial charge in [-0.05, 0) is 60.2 Å². The molecule has 0 aliphatic carbocycles. The van der Waals surface area contributed by atoms with Gasteiger partial charge in [0, 0.05) is 36.7 Å². The van der Waals surface area contributed by atoms with Crippen LogP contribution < -0.4 is 10.5 Å². The highest BCUT2D eigenvalue weighted by Gasteiger charge is 2.28. The second-order valence-corrected chi connectivity index (χ2v) is 12.0. The van der Waals surface area contributed by atoms with Crippen LogP contribution in [0.5, 0.6) is 5.75 Å². The first kappa shape index (κ1) is 28.1. The third kappa shape index (κ3) is 4.70. The van der Waals surface area contributed by atoms with E-state index in [1.54, 1.807) is 24.3 Å². The number of carbonyl (C=O) groups excluding carboxylic acids is 1. The number of fused-ring (bicyclic) bond motifs is 2. The predicted octanol–water partition coefficient (Wildman–Crippen LogP) is 6.21. The fourth-order valence-electron chi connectivity index (χ4n) is 4.88. The summed E-state index contributed by atoms with van der Waals surface area (Å²) in [5, 5.41) is 0.251. The van der Waals surface area contributed by atoms with Crippen molar-refractivity contribution in [3.63, 3.8) is 0 Å². The van der Waals surface area contributed by atoms with Gasteiger partial charge in [0.25, 0.3) is 5.91 Å². The molecule has 0 aliphatic rings. The zero-order valence-corrected chi connectivity index (χ0v) is 23.8. The summed E-state index contributed by atoms with van der Waals surface area (Å²) in [5.74, 6) is -1.42. The normalized spacial score (nSPS) is 12.0. The molecule has 6 rings (SSSR count). The predicted molar refractivity (Wildman–Crippen MR) is 156 cm³/mol. The summed E-state index contributed by atoms with van der Waals surface area (Å²) in [7, 11) is 0.140. The van der Waals surface area contributed by atoms with Crippen LogP contribution in [0.2, 0.25) is 0 Å². The van der Waals surface area contributed by atoms with E-state index in [0.717, 1.165) is 4.31 Å². The van der Waals surface area contributed by atoms with Crippen molar-refractivity contribution in [1.29, 1.82) is 0 Å². The number of methoxy groups -OCH3 is 1. The average Bonchev–Trinajstić information content (AvgIpc) is 3.59. The molecule has 43 heavy (non-hydrogen) atoms. The van der Waals surface area contributed by atoms with Gasteiger partial charge in [0.1, 0.15) is 28.4 Å². The van der Waals surface area contributed by atoms with Crippen molar-refractivity contribution in [2.24, 2.45) is 5.73 Å². The molecule has 0 saturated heterocycles. The standard InChI is InChI=1S/C31H23F2N3O6S/c1-36(2)43(38,39)26-15-25-20(27(30(34)37)29(41-25)16-7-10-18(32)11-8-16)14-19(26)17-9-12-23(40-3)21(13-17)31-35-28-22(33)5-4-6-24(28)42-31/h4-15H,1-3H3,(H2,34,37). The molecule has 0 spiro atoms. The summed E-state index contributed by atoms with van der Waals surface area (Å²) in [5.41, 5.74) is 7.41. The lowest BCUT2D eigenvalue weighted by molar-refractivity contribution is 0.100. The highest BCUT2D eigenvalue weighted by atomic mass is 32.2. The average molecular weight is 604 g/mol. The lowest BCUT2D eigenvalue weighted by Gasteiger charge is -2.16. The molecule has 2 heterocycles. The summed E-state index contributed by atoms with van der Waals surface area (Å²) in [6.45, 7) is 0. The lowest BCUT2D eigenvalue weighted by atomic mass is 9.98. The van der Waals surface area contributed by atoms with Crippen molar-refractivity contribution >= 4 is 38.0 Å². The Bertz CT molecular complexity index is 2170. The van der Waals surface area contributed by atoms with E-state index in [9.17, 15) is 22.0 Å². The number of hydrogen-bond donors (Lipinski definition) is 1. The first-order valence-corrected chi connectivity index (χ1v) is 14.3. The van der Waals surface area contributed by atoms with E-state index in [-0.39, 0.29) is 49.7 Å². The van der Waals surface area contributed by atoms with Gasteiger partial charge in [-0.15, -0.1) is 0 Å².